The fraction of sp³-hybridized carbons (Fsp3) is 0.0769. The van der Waals surface area contributed by atoms with E-state index in [-0.39, 0.29) is 4.90 Å². The summed E-state index contributed by atoms with van der Waals surface area (Å²) < 4.78 is 33.7. The zero-order valence-electron chi connectivity index (χ0n) is 10.3. The van der Waals surface area contributed by atoms with E-state index < -0.39 is 9.05 Å². The van der Waals surface area contributed by atoms with Gasteiger partial charge in [0.15, 0.2) is 0 Å². The number of hydrogen-bond acceptors (Lipinski definition) is 4. The molecule has 0 saturated carbocycles. The third kappa shape index (κ3) is 3.65. The average Bonchev–Trinajstić information content (AvgIpc) is 2.40. The maximum absolute atomic E-state index is 11.2. The van der Waals surface area contributed by atoms with Crippen LogP contribution in [0.1, 0.15) is 0 Å². The molecule has 4 nitrogen and oxygen atoms in total. The van der Waals surface area contributed by atoms with Gasteiger partial charge in [0.05, 0.1) is 16.5 Å². The average molecular weight is 378 g/mol. The molecule has 0 aliphatic heterocycles. The minimum atomic E-state index is -3.76. The van der Waals surface area contributed by atoms with Crippen molar-refractivity contribution < 1.29 is 17.9 Å². The Bertz CT molecular complexity index is 731. The van der Waals surface area contributed by atoms with Crippen LogP contribution in [0.4, 0.5) is 0 Å². The van der Waals surface area contributed by atoms with E-state index in [1.807, 2.05) is 0 Å². The summed E-state index contributed by atoms with van der Waals surface area (Å²) in [5.41, 5.74) is 0. The number of rotatable bonds is 4. The van der Waals surface area contributed by atoms with Gasteiger partial charge in [0, 0.05) is 16.7 Å². The van der Waals surface area contributed by atoms with E-state index in [9.17, 15) is 8.42 Å². The van der Waals surface area contributed by atoms with Crippen molar-refractivity contribution in [1.82, 2.24) is 0 Å². The fourth-order valence-corrected chi connectivity index (χ4v) is 2.90. The summed E-state index contributed by atoms with van der Waals surface area (Å²) >= 11 is 3.25. The van der Waals surface area contributed by atoms with E-state index in [0.29, 0.717) is 21.7 Å². The van der Waals surface area contributed by atoms with Crippen LogP contribution in [-0.2, 0) is 9.05 Å². The highest BCUT2D eigenvalue weighted by Crippen LogP contribution is 2.33. The molecule has 0 saturated heterocycles. The van der Waals surface area contributed by atoms with Gasteiger partial charge in [0.1, 0.15) is 17.2 Å². The van der Waals surface area contributed by atoms with Crippen molar-refractivity contribution in [2.75, 3.05) is 7.11 Å². The van der Waals surface area contributed by atoms with Crippen LogP contribution in [0.15, 0.2) is 51.8 Å². The summed E-state index contributed by atoms with van der Waals surface area (Å²) in [6, 6.07) is 11.4. The zero-order valence-corrected chi connectivity index (χ0v) is 13.5. The zero-order chi connectivity index (χ0) is 14.8. The number of hydrogen-bond donors (Lipinski definition) is 0. The largest absolute Gasteiger partial charge is 0.497 e. The van der Waals surface area contributed by atoms with Crippen molar-refractivity contribution in [3.05, 3.63) is 46.9 Å². The second-order valence-corrected chi connectivity index (χ2v) is 7.23. The standard InChI is InChI=1S/C13H10BrClO4S/c1-18-9-3-2-4-10(7-9)19-13-6-5-11(8-12(13)14)20(15,16)17/h2-8H,1H3. The lowest BCUT2D eigenvalue weighted by molar-refractivity contribution is 0.409. The normalized spacial score (nSPS) is 11.2. The summed E-state index contributed by atoms with van der Waals surface area (Å²) in [6.07, 6.45) is 0. The number of benzene rings is 2. The third-order valence-corrected chi connectivity index (χ3v) is 4.43. The molecule has 0 aliphatic carbocycles. The molecule has 20 heavy (non-hydrogen) atoms. The molecule has 0 fully saturated rings. The Balaban J connectivity index is 2.30. The van der Waals surface area contributed by atoms with Gasteiger partial charge in [-0.15, -0.1) is 0 Å². The third-order valence-electron chi connectivity index (χ3n) is 2.45. The lowest BCUT2D eigenvalue weighted by Crippen LogP contribution is -1.92. The number of halogens is 2. The minimum Gasteiger partial charge on any atom is -0.497 e. The smallest absolute Gasteiger partial charge is 0.261 e. The van der Waals surface area contributed by atoms with Gasteiger partial charge in [-0.3, -0.25) is 0 Å². The molecule has 0 bridgehead atoms. The molecule has 0 amide bonds. The molecule has 0 atom stereocenters. The molecular weight excluding hydrogens is 368 g/mol. The van der Waals surface area contributed by atoms with Gasteiger partial charge in [-0.05, 0) is 46.3 Å². The van der Waals surface area contributed by atoms with Crippen molar-refractivity contribution in [3.8, 4) is 17.2 Å². The van der Waals surface area contributed by atoms with Gasteiger partial charge in [-0.1, -0.05) is 6.07 Å². The van der Waals surface area contributed by atoms with Crippen LogP contribution in [0, 0.1) is 0 Å². The van der Waals surface area contributed by atoms with Crippen molar-refractivity contribution in [2.24, 2.45) is 0 Å². The van der Waals surface area contributed by atoms with Gasteiger partial charge in [0.2, 0.25) is 0 Å². The molecule has 0 spiro atoms. The van der Waals surface area contributed by atoms with Crippen LogP contribution >= 0.6 is 26.6 Å². The molecule has 7 heteroatoms. The summed E-state index contributed by atoms with van der Waals surface area (Å²) in [5.74, 6) is 1.72. The Morgan fingerprint density at radius 1 is 1.10 bits per heavy atom. The van der Waals surface area contributed by atoms with Gasteiger partial charge < -0.3 is 9.47 Å². The van der Waals surface area contributed by atoms with Crippen LogP contribution < -0.4 is 9.47 Å². The highest BCUT2D eigenvalue weighted by Gasteiger charge is 2.13. The lowest BCUT2D eigenvalue weighted by Gasteiger charge is -2.09. The van der Waals surface area contributed by atoms with Crippen LogP contribution in [0.5, 0.6) is 17.2 Å². The first-order valence-corrected chi connectivity index (χ1v) is 8.56. The van der Waals surface area contributed by atoms with Crippen molar-refractivity contribution >= 4 is 35.7 Å². The quantitative estimate of drug-likeness (QED) is 0.750. The topological polar surface area (TPSA) is 52.6 Å². The summed E-state index contributed by atoms with van der Waals surface area (Å²) in [4.78, 5) is 0.00374. The maximum Gasteiger partial charge on any atom is 0.261 e. The van der Waals surface area contributed by atoms with E-state index in [1.54, 1.807) is 31.4 Å². The summed E-state index contributed by atoms with van der Waals surface area (Å²) in [7, 11) is 3.08. The van der Waals surface area contributed by atoms with E-state index in [2.05, 4.69) is 15.9 Å². The monoisotopic (exact) mass is 376 g/mol. The van der Waals surface area contributed by atoms with E-state index in [4.69, 9.17) is 20.2 Å². The van der Waals surface area contributed by atoms with Crippen LogP contribution in [0.2, 0.25) is 0 Å². The number of methoxy groups -OCH3 is 1. The molecular formula is C13H10BrClO4S. The van der Waals surface area contributed by atoms with Gasteiger partial charge in [0.25, 0.3) is 9.05 Å². The molecule has 0 N–H and O–H groups in total. The minimum absolute atomic E-state index is 0.00374. The van der Waals surface area contributed by atoms with Gasteiger partial charge in [-0.2, -0.15) is 0 Å². The van der Waals surface area contributed by atoms with Crippen molar-refractivity contribution in [2.45, 2.75) is 4.90 Å². The first-order chi connectivity index (χ1) is 9.40. The first kappa shape index (κ1) is 15.2. The Kier molecular flexibility index (Phi) is 4.57. The van der Waals surface area contributed by atoms with Crippen molar-refractivity contribution in [1.29, 1.82) is 0 Å². The first-order valence-electron chi connectivity index (χ1n) is 5.46. The Labute approximate surface area is 129 Å². The predicted molar refractivity (Wildman–Crippen MR) is 80.2 cm³/mol. The van der Waals surface area contributed by atoms with E-state index in [0.717, 1.165) is 0 Å². The Morgan fingerprint density at radius 3 is 2.40 bits per heavy atom. The van der Waals surface area contributed by atoms with Crippen LogP contribution in [0.25, 0.3) is 0 Å². The molecule has 0 aliphatic rings. The molecule has 0 unspecified atom stereocenters. The highest BCUT2D eigenvalue weighted by atomic mass is 79.9. The second kappa shape index (κ2) is 6.03. The summed E-state index contributed by atoms with van der Waals surface area (Å²) in [5, 5.41) is 0. The molecule has 0 aromatic heterocycles. The van der Waals surface area contributed by atoms with Gasteiger partial charge in [-0.25, -0.2) is 8.42 Å². The molecule has 106 valence electrons. The fourth-order valence-electron chi connectivity index (χ4n) is 1.51. The van der Waals surface area contributed by atoms with Gasteiger partial charge >= 0.3 is 0 Å². The molecule has 0 heterocycles. The van der Waals surface area contributed by atoms with E-state index >= 15 is 0 Å². The molecule has 2 aromatic carbocycles. The highest BCUT2D eigenvalue weighted by molar-refractivity contribution is 9.10. The van der Waals surface area contributed by atoms with Crippen LogP contribution in [0.3, 0.4) is 0 Å². The summed E-state index contributed by atoms with van der Waals surface area (Å²) in [6.45, 7) is 0. The van der Waals surface area contributed by atoms with Crippen LogP contribution in [-0.4, -0.2) is 15.5 Å². The lowest BCUT2D eigenvalue weighted by atomic mass is 10.3. The molecule has 0 radical (unpaired) electrons. The SMILES string of the molecule is COc1cccc(Oc2ccc(S(=O)(=O)Cl)cc2Br)c1. The molecule has 2 rings (SSSR count). The Hall–Kier alpha value is -1.24. The second-order valence-electron chi connectivity index (χ2n) is 3.81. The Morgan fingerprint density at radius 2 is 1.80 bits per heavy atom. The number of ether oxygens (including phenoxy) is 2. The van der Waals surface area contributed by atoms with E-state index in [1.165, 1.54) is 18.2 Å². The predicted octanol–water partition coefficient (Wildman–Crippen LogP) is 4.18. The van der Waals surface area contributed by atoms with Crippen molar-refractivity contribution in [3.63, 3.8) is 0 Å². The maximum atomic E-state index is 11.2. The molecule has 2 aromatic rings.